The molecule has 1 saturated heterocycles. The van der Waals surface area contributed by atoms with Crippen molar-refractivity contribution in [1.29, 1.82) is 0 Å². The lowest BCUT2D eigenvalue weighted by atomic mass is 9.91. The highest BCUT2D eigenvalue weighted by Gasteiger charge is 2.28. The highest BCUT2D eigenvalue weighted by atomic mass is 19.3. The minimum absolute atomic E-state index is 0.0156. The van der Waals surface area contributed by atoms with Crippen LogP contribution in [-0.4, -0.2) is 61.9 Å². The third-order valence-electron chi connectivity index (χ3n) is 7.94. The summed E-state index contributed by atoms with van der Waals surface area (Å²) < 4.78 is 52.5. The lowest BCUT2D eigenvalue weighted by molar-refractivity contribution is 0.116. The minimum atomic E-state index is -2.88. The number of allylic oxidation sites excluding steroid dienone is 3. The number of alkyl halides is 2. The zero-order valence-electron chi connectivity index (χ0n) is 23.5. The van der Waals surface area contributed by atoms with Gasteiger partial charge in [-0.3, -0.25) is 14.5 Å². The summed E-state index contributed by atoms with van der Waals surface area (Å²) in [5, 5.41) is 6.90. The second-order valence-electron chi connectivity index (χ2n) is 10.5. The fraction of sp³-hybridized carbons (Fsp3) is 0.367. The molecule has 10 nitrogen and oxygen atoms in total. The van der Waals surface area contributed by atoms with Crippen LogP contribution >= 0.6 is 0 Å². The second kappa shape index (κ2) is 12.4. The van der Waals surface area contributed by atoms with E-state index in [2.05, 4.69) is 30.0 Å². The molecule has 0 spiro atoms. The molecular formula is C30H30F3N7O3. The van der Waals surface area contributed by atoms with Gasteiger partial charge in [0.1, 0.15) is 17.9 Å². The Morgan fingerprint density at radius 3 is 2.58 bits per heavy atom. The number of rotatable bonds is 9. The van der Waals surface area contributed by atoms with Crippen LogP contribution in [0.15, 0.2) is 68.5 Å². The number of aromatic nitrogens is 5. The Kier molecular flexibility index (Phi) is 8.23. The van der Waals surface area contributed by atoms with Crippen molar-refractivity contribution in [3.63, 3.8) is 0 Å². The highest BCUT2D eigenvalue weighted by molar-refractivity contribution is 5.82. The Labute approximate surface area is 245 Å². The predicted octanol–water partition coefficient (Wildman–Crippen LogP) is 5.36. The van der Waals surface area contributed by atoms with Gasteiger partial charge in [-0.05, 0) is 49.6 Å². The molecule has 1 aliphatic carbocycles. The standard InChI is InChI=1S/C30H30F3N7O3/c1-2-24(19-8-9-34-26(14-19)39-12-10-38(11-13-39)22-4-3-5-22)25(31)15-23-18-42-30(41)40(23)17-21-7-6-20(16-35-21)28-36-37-29(43-28)27(32)33/h2,6-9,14-16,18,22,27H,3-5,10-13,17H2,1H3/b24-2-,25-15+. The van der Waals surface area contributed by atoms with E-state index in [0.717, 1.165) is 32.0 Å². The molecule has 1 saturated carbocycles. The Hall–Kier alpha value is -4.52. The van der Waals surface area contributed by atoms with E-state index in [-0.39, 0.29) is 18.1 Å². The molecule has 0 aromatic carbocycles. The van der Waals surface area contributed by atoms with Crippen molar-refractivity contribution in [2.45, 2.75) is 45.2 Å². The van der Waals surface area contributed by atoms with Crippen LogP contribution in [-0.2, 0) is 6.54 Å². The summed E-state index contributed by atoms with van der Waals surface area (Å²) in [4.78, 5) is 26.1. The molecule has 0 unspecified atom stereocenters. The number of oxazole rings is 1. The van der Waals surface area contributed by atoms with Crippen LogP contribution in [0, 0.1) is 0 Å². The number of hydrogen-bond acceptors (Lipinski definition) is 9. The monoisotopic (exact) mass is 593 g/mol. The molecule has 13 heteroatoms. The molecule has 2 fully saturated rings. The van der Waals surface area contributed by atoms with E-state index < -0.39 is 23.9 Å². The molecule has 0 radical (unpaired) electrons. The number of hydrogen-bond donors (Lipinski definition) is 0. The maximum atomic E-state index is 15.7. The molecular weight excluding hydrogens is 563 g/mol. The van der Waals surface area contributed by atoms with Crippen molar-refractivity contribution in [3.05, 3.63) is 88.2 Å². The summed E-state index contributed by atoms with van der Waals surface area (Å²) in [5.41, 5.74) is 2.03. The van der Waals surface area contributed by atoms with E-state index in [0.29, 0.717) is 28.4 Å². The fourth-order valence-corrected chi connectivity index (χ4v) is 5.33. The van der Waals surface area contributed by atoms with Gasteiger partial charge in [-0.25, -0.2) is 14.2 Å². The summed E-state index contributed by atoms with van der Waals surface area (Å²) in [6, 6.07) is 7.50. The molecule has 1 aliphatic heterocycles. The van der Waals surface area contributed by atoms with E-state index in [4.69, 9.17) is 8.83 Å². The first kappa shape index (κ1) is 28.6. The molecule has 0 bridgehead atoms. The van der Waals surface area contributed by atoms with Gasteiger partial charge in [0.2, 0.25) is 5.89 Å². The first-order valence-corrected chi connectivity index (χ1v) is 14.1. The van der Waals surface area contributed by atoms with Crippen LogP contribution in [0.25, 0.3) is 23.1 Å². The number of nitrogens with zero attached hydrogens (tertiary/aromatic N) is 7. The largest absolute Gasteiger partial charge is 0.419 e. The van der Waals surface area contributed by atoms with Crippen LogP contribution in [0.4, 0.5) is 19.0 Å². The van der Waals surface area contributed by atoms with Crippen LogP contribution in [0.3, 0.4) is 0 Å². The fourth-order valence-electron chi connectivity index (χ4n) is 5.33. The summed E-state index contributed by atoms with van der Waals surface area (Å²) in [7, 11) is 0. The van der Waals surface area contributed by atoms with Crippen LogP contribution < -0.4 is 10.7 Å². The van der Waals surface area contributed by atoms with Gasteiger partial charge in [0, 0.05) is 56.3 Å². The topological polar surface area (TPSA) is 106 Å². The van der Waals surface area contributed by atoms with Gasteiger partial charge in [0.15, 0.2) is 0 Å². The smallest absolute Gasteiger partial charge is 0.416 e. The van der Waals surface area contributed by atoms with Crippen molar-refractivity contribution in [2.24, 2.45) is 0 Å². The first-order valence-electron chi connectivity index (χ1n) is 14.1. The molecule has 43 heavy (non-hydrogen) atoms. The molecule has 0 amide bonds. The SMILES string of the molecule is C/C=C(\C(F)=C/c1coc(=O)n1Cc1ccc(-c2nnc(C(F)F)o2)cn1)c1ccnc(N2CCN(C3CCC3)CC2)c1. The summed E-state index contributed by atoms with van der Waals surface area (Å²) >= 11 is 0. The van der Waals surface area contributed by atoms with Gasteiger partial charge in [0.05, 0.1) is 23.5 Å². The van der Waals surface area contributed by atoms with Crippen molar-refractivity contribution >= 4 is 17.5 Å². The maximum Gasteiger partial charge on any atom is 0.419 e. The van der Waals surface area contributed by atoms with Gasteiger partial charge < -0.3 is 13.7 Å². The van der Waals surface area contributed by atoms with E-state index in [1.54, 1.807) is 37.4 Å². The van der Waals surface area contributed by atoms with Crippen molar-refractivity contribution < 1.29 is 22.0 Å². The zero-order valence-corrected chi connectivity index (χ0v) is 23.5. The molecule has 6 rings (SSSR count). The molecule has 0 N–H and O–H groups in total. The maximum absolute atomic E-state index is 15.7. The summed E-state index contributed by atoms with van der Waals surface area (Å²) in [5.74, 6) is -1.31. The van der Waals surface area contributed by atoms with E-state index in [1.807, 2.05) is 6.07 Å². The Morgan fingerprint density at radius 1 is 1.12 bits per heavy atom. The average Bonchev–Trinajstić information content (AvgIpc) is 3.62. The Morgan fingerprint density at radius 2 is 1.93 bits per heavy atom. The molecule has 4 aromatic heterocycles. The summed E-state index contributed by atoms with van der Waals surface area (Å²) in [6.07, 6.45) is 8.17. The number of pyridine rings is 2. The van der Waals surface area contributed by atoms with E-state index in [9.17, 15) is 13.6 Å². The Bertz CT molecular complexity index is 1680. The molecule has 2 aliphatic rings. The predicted molar refractivity (Wildman–Crippen MR) is 153 cm³/mol. The second-order valence-corrected chi connectivity index (χ2v) is 10.5. The van der Waals surface area contributed by atoms with Crippen LogP contribution in [0.5, 0.6) is 0 Å². The molecule has 224 valence electrons. The molecule has 5 heterocycles. The normalized spacial score (nSPS) is 17.1. The van der Waals surface area contributed by atoms with E-state index in [1.165, 1.54) is 42.4 Å². The average molecular weight is 594 g/mol. The number of halogens is 3. The van der Waals surface area contributed by atoms with Crippen molar-refractivity contribution in [2.75, 3.05) is 31.1 Å². The van der Waals surface area contributed by atoms with E-state index >= 15 is 4.39 Å². The van der Waals surface area contributed by atoms with Crippen molar-refractivity contribution in [3.8, 4) is 11.5 Å². The van der Waals surface area contributed by atoms with Gasteiger partial charge in [-0.1, -0.05) is 12.5 Å². The quantitative estimate of drug-likeness (QED) is 0.237. The Balaban J connectivity index is 1.16. The lowest BCUT2D eigenvalue weighted by Crippen LogP contribution is -2.52. The summed E-state index contributed by atoms with van der Waals surface area (Å²) in [6.45, 7) is 5.47. The van der Waals surface area contributed by atoms with Gasteiger partial charge in [-0.15, -0.1) is 10.2 Å². The molecule has 4 aromatic rings. The molecule has 0 atom stereocenters. The van der Waals surface area contributed by atoms with Crippen LogP contribution in [0.2, 0.25) is 0 Å². The third kappa shape index (κ3) is 6.17. The zero-order chi connectivity index (χ0) is 29.9. The van der Waals surface area contributed by atoms with Crippen molar-refractivity contribution in [1.82, 2.24) is 29.6 Å². The third-order valence-corrected chi connectivity index (χ3v) is 7.94. The minimum Gasteiger partial charge on any atom is -0.416 e. The highest BCUT2D eigenvalue weighted by Crippen LogP contribution is 2.30. The number of piperazine rings is 1. The van der Waals surface area contributed by atoms with Crippen LogP contribution in [0.1, 0.15) is 55.5 Å². The van der Waals surface area contributed by atoms with Gasteiger partial charge >= 0.3 is 12.2 Å². The number of anilines is 1. The lowest BCUT2D eigenvalue weighted by Gasteiger charge is -2.43. The van der Waals surface area contributed by atoms with Gasteiger partial charge in [-0.2, -0.15) is 8.78 Å². The van der Waals surface area contributed by atoms with Gasteiger partial charge in [0.25, 0.3) is 5.89 Å². The first-order chi connectivity index (χ1) is 20.9.